The maximum atomic E-state index is 4.01. The van der Waals surface area contributed by atoms with Crippen molar-refractivity contribution in [3.63, 3.8) is 0 Å². The van der Waals surface area contributed by atoms with E-state index in [9.17, 15) is 0 Å². The molecule has 0 unspecified atom stereocenters. The second kappa shape index (κ2) is 37.5. The molecule has 0 aliphatic heterocycles. The lowest BCUT2D eigenvalue weighted by Crippen LogP contribution is -2.28. The van der Waals surface area contributed by atoms with Crippen LogP contribution < -0.4 is 4.90 Å². The molecule has 0 N–H and O–H groups in total. The van der Waals surface area contributed by atoms with Crippen molar-refractivity contribution in [3.05, 3.63) is 419 Å². The first kappa shape index (κ1) is 82.2. The van der Waals surface area contributed by atoms with E-state index in [1.54, 1.807) is 0 Å². The normalized spacial score (nSPS) is 13.5. The number of hydrogen-bond acceptors (Lipinski definition) is 1. The zero-order valence-electron chi connectivity index (χ0n) is 71.4. The minimum atomic E-state index is -0.612. The number of fused-ring (bicyclic) bond motifs is 9. The number of halogens is 2. The topological polar surface area (TPSA) is 3.24 Å². The highest BCUT2D eigenvalue weighted by atomic mass is 79.9. The van der Waals surface area contributed by atoms with Gasteiger partial charge in [-0.15, -0.1) is 0 Å². The molecule has 3 aliphatic carbocycles. The van der Waals surface area contributed by atoms with E-state index in [2.05, 4.69) is 387 Å². The molecule has 0 saturated heterocycles. The fraction of sp³-hybridized carbons (Fsp3) is 0.282. The smallest absolute Gasteiger partial charge is 0.0714 e. The Labute approximate surface area is 734 Å². The molecular formula is C117H117Br2N. The minimum Gasteiger partial charge on any atom is -0.311 e. The van der Waals surface area contributed by atoms with Gasteiger partial charge in [0.05, 0.1) is 16.2 Å². The van der Waals surface area contributed by atoms with Crippen molar-refractivity contribution in [2.24, 2.45) is 0 Å². The van der Waals surface area contributed by atoms with Crippen LogP contribution in [0.5, 0.6) is 0 Å². The molecule has 0 saturated carbocycles. The summed E-state index contributed by atoms with van der Waals surface area (Å²) in [6.07, 6.45) is 30.6. The third-order valence-electron chi connectivity index (χ3n) is 27.2. The second-order valence-electron chi connectivity index (χ2n) is 34.8. The van der Waals surface area contributed by atoms with Gasteiger partial charge in [0.25, 0.3) is 0 Å². The maximum absolute atomic E-state index is 4.01. The van der Waals surface area contributed by atoms with Gasteiger partial charge < -0.3 is 4.90 Å². The SMILES string of the molecule is CCCCCCc1ccc(C2(c3ccc(N(c4ccc(-c5ccc6c(c5)C(c5ccc(CCCCCC)cc5)(c5ccc(CCCCCC)cc5)c5ccccc5-6)cc4)c4ccc(-c5ccc6c(c5)C(c5ccc(CCCCCC)cc5)(c5ccc(CCCCCC)cc5)c5ccccc5-6)cc4)cc3)c3cc(Br)ccc3-c3ccc(Br)cc32)cc1. The molecule has 0 heterocycles. The molecule has 14 aromatic rings. The zero-order chi connectivity index (χ0) is 82.0. The van der Waals surface area contributed by atoms with Crippen LogP contribution in [0.4, 0.5) is 17.1 Å². The standard InChI is InChI=1S/C117H117Br2N/c1-6-11-16-21-30-83-39-55-92(56-40-83)115(93-57-41-84(42-58-93)31-22-17-12-7-2)109-37-28-26-35-103(109)105-75-53-90(79-111(105)115)88-49-69-100(70-50-88)120(102-73-65-97(66-74-102)117(96-63-47-87(48-64-96)34-25-20-15-10-5)113-81-98(118)67-77-107(113)108-78-68-99(119)82-114(108)117)101-71-51-89(52-72-101)91-54-76-106-104-36-27-29-38-110(104)116(112(106)80-91,94-59-43-85(44-60-94)32-23-18-13-8-3)95-61-45-86(46-62-95)33-24-19-14-9-4/h26-29,35-82H,6-25,30-34H2,1-5H3. The van der Waals surface area contributed by atoms with E-state index in [0.717, 1.165) is 58.1 Å². The van der Waals surface area contributed by atoms with E-state index in [1.807, 2.05) is 0 Å². The Morgan fingerprint density at radius 1 is 0.200 bits per heavy atom. The number of rotatable bonds is 36. The van der Waals surface area contributed by atoms with Crippen LogP contribution in [0.2, 0.25) is 0 Å². The van der Waals surface area contributed by atoms with Gasteiger partial charge in [-0.25, -0.2) is 0 Å². The van der Waals surface area contributed by atoms with Crippen LogP contribution in [0.15, 0.2) is 324 Å². The summed E-state index contributed by atoms with van der Waals surface area (Å²) in [7, 11) is 0. The lowest BCUT2D eigenvalue weighted by atomic mass is 9.67. The van der Waals surface area contributed by atoms with Crippen LogP contribution in [0.1, 0.15) is 258 Å². The first-order chi connectivity index (χ1) is 59.1. The molecule has 1 nitrogen and oxygen atoms in total. The Morgan fingerprint density at radius 2 is 0.425 bits per heavy atom. The van der Waals surface area contributed by atoms with Crippen molar-refractivity contribution in [1.29, 1.82) is 0 Å². The molecule has 0 fully saturated rings. The highest BCUT2D eigenvalue weighted by Gasteiger charge is 2.50. The van der Waals surface area contributed by atoms with Crippen molar-refractivity contribution >= 4 is 48.9 Å². The predicted molar refractivity (Wildman–Crippen MR) is 519 cm³/mol. The summed E-state index contributed by atoms with van der Waals surface area (Å²) < 4.78 is 2.14. The average Bonchev–Trinajstić information content (AvgIpc) is 1.54. The minimum absolute atomic E-state index is 0.531. The summed E-state index contributed by atoms with van der Waals surface area (Å²) in [6.45, 7) is 11.5. The summed E-state index contributed by atoms with van der Waals surface area (Å²) in [6, 6.07) is 124. The molecule has 120 heavy (non-hydrogen) atoms. The van der Waals surface area contributed by atoms with Gasteiger partial charge in [0.1, 0.15) is 0 Å². The second-order valence-corrected chi connectivity index (χ2v) is 36.6. The number of hydrogen-bond donors (Lipinski definition) is 0. The van der Waals surface area contributed by atoms with Gasteiger partial charge in [-0.1, -0.05) is 405 Å². The molecule has 17 rings (SSSR count). The van der Waals surface area contributed by atoms with Crippen molar-refractivity contribution in [2.45, 2.75) is 211 Å². The number of benzene rings is 14. The quantitative estimate of drug-likeness (QED) is 0.0354. The maximum Gasteiger partial charge on any atom is 0.0714 e. The summed E-state index contributed by atoms with van der Waals surface area (Å²) >= 11 is 8.03. The molecule has 3 heteroatoms. The largest absolute Gasteiger partial charge is 0.311 e. The van der Waals surface area contributed by atoms with Gasteiger partial charge in [0, 0.05) is 26.0 Å². The van der Waals surface area contributed by atoms with Crippen molar-refractivity contribution in [2.75, 3.05) is 4.90 Å². The molecule has 0 spiro atoms. The van der Waals surface area contributed by atoms with Crippen molar-refractivity contribution in [3.8, 4) is 55.6 Å². The van der Waals surface area contributed by atoms with Crippen LogP contribution in [-0.4, -0.2) is 0 Å². The molecule has 0 radical (unpaired) electrons. The van der Waals surface area contributed by atoms with E-state index in [1.165, 1.54) is 279 Å². The lowest BCUT2D eigenvalue weighted by molar-refractivity contribution is 0.666. The number of aryl methyl sites for hydroxylation is 5. The van der Waals surface area contributed by atoms with Crippen LogP contribution in [0, 0.1) is 0 Å². The van der Waals surface area contributed by atoms with Gasteiger partial charge in [-0.3, -0.25) is 0 Å². The fourth-order valence-corrected chi connectivity index (χ4v) is 21.6. The Morgan fingerprint density at radius 3 is 0.708 bits per heavy atom. The summed E-state index contributed by atoms with van der Waals surface area (Å²) in [5.74, 6) is 0. The van der Waals surface area contributed by atoms with Gasteiger partial charge >= 0.3 is 0 Å². The van der Waals surface area contributed by atoms with E-state index in [0.29, 0.717) is 0 Å². The third-order valence-corrected chi connectivity index (χ3v) is 28.1. The Balaban J connectivity index is 0.786. The molecule has 0 atom stereocenters. The monoisotopic (exact) mass is 1690 g/mol. The summed E-state index contributed by atoms with van der Waals surface area (Å²) in [4.78, 5) is 2.48. The molecule has 0 bridgehead atoms. The van der Waals surface area contributed by atoms with E-state index in [4.69, 9.17) is 0 Å². The van der Waals surface area contributed by atoms with Crippen LogP contribution >= 0.6 is 31.9 Å². The average molecular weight is 1700 g/mol. The highest BCUT2D eigenvalue weighted by molar-refractivity contribution is 9.10. The fourth-order valence-electron chi connectivity index (χ4n) is 20.9. The molecule has 3 aliphatic rings. The van der Waals surface area contributed by atoms with Crippen LogP contribution in [0.3, 0.4) is 0 Å². The molecule has 14 aromatic carbocycles. The molecule has 604 valence electrons. The summed E-state index contributed by atoms with van der Waals surface area (Å²) in [5.41, 5.74) is 36.9. The Hall–Kier alpha value is -10.2. The summed E-state index contributed by atoms with van der Waals surface area (Å²) in [5, 5.41) is 0. The van der Waals surface area contributed by atoms with Gasteiger partial charge in [-0.05, 0) is 287 Å². The van der Waals surface area contributed by atoms with Crippen LogP contribution in [0.25, 0.3) is 55.6 Å². The number of anilines is 3. The van der Waals surface area contributed by atoms with Crippen molar-refractivity contribution < 1.29 is 0 Å². The Bertz CT molecular complexity index is 5390. The van der Waals surface area contributed by atoms with Gasteiger partial charge in [-0.2, -0.15) is 0 Å². The highest BCUT2D eigenvalue weighted by Crippen LogP contribution is 2.61. The van der Waals surface area contributed by atoms with E-state index < -0.39 is 16.2 Å². The molecule has 0 amide bonds. The number of unbranched alkanes of at least 4 members (excludes halogenated alkanes) is 15. The van der Waals surface area contributed by atoms with Crippen LogP contribution in [-0.2, 0) is 48.3 Å². The van der Waals surface area contributed by atoms with Gasteiger partial charge in [0.2, 0.25) is 0 Å². The third kappa shape index (κ3) is 15.9. The lowest BCUT2D eigenvalue weighted by Gasteiger charge is -2.35. The molecule has 0 aromatic heterocycles. The first-order valence-corrected chi connectivity index (χ1v) is 47.4. The zero-order valence-corrected chi connectivity index (χ0v) is 74.6. The molecular weight excluding hydrogens is 1580 g/mol. The Kier molecular flexibility index (Phi) is 25.6. The van der Waals surface area contributed by atoms with E-state index >= 15 is 0 Å². The predicted octanol–water partition coefficient (Wildman–Crippen LogP) is 33.7. The number of nitrogens with zero attached hydrogens (tertiary/aromatic N) is 1. The first-order valence-electron chi connectivity index (χ1n) is 45.8. The van der Waals surface area contributed by atoms with E-state index in [-0.39, 0.29) is 0 Å². The van der Waals surface area contributed by atoms with Gasteiger partial charge in [0.15, 0.2) is 0 Å². The van der Waals surface area contributed by atoms with Crippen molar-refractivity contribution in [1.82, 2.24) is 0 Å².